The first-order chi connectivity index (χ1) is 10.8. The lowest BCUT2D eigenvalue weighted by atomic mass is 9.92. The van der Waals surface area contributed by atoms with Gasteiger partial charge in [-0.2, -0.15) is 0 Å². The molecule has 0 saturated carbocycles. The molecule has 2 aromatic rings. The fourth-order valence-corrected chi connectivity index (χ4v) is 3.60. The van der Waals surface area contributed by atoms with Crippen molar-refractivity contribution in [1.29, 1.82) is 0 Å². The molecule has 1 amide bonds. The van der Waals surface area contributed by atoms with Crippen molar-refractivity contribution < 1.29 is 9.59 Å². The van der Waals surface area contributed by atoms with Gasteiger partial charge in [0.05, 0.1) is 10.6 Å². The zero-order valence-corrected chi connectivity index (χ0v) is 15.2. The molecule has 0 aliphatic carbocycles. The average molecular weight is 348 g/mol. The number of amides is 1. The third kappa shape index (κ3) is 6.20. The number of thioether (sulfide) groups is 1. The lowest BCUT2D eigenvalue weighted by Crippen LogP contribution is -2.19. The van der Waals surface area contributed by atoms with E-state index >= 15 is 0 Å². The Balaban J connectivity index is 1.92. The molecule has 0 aliphatic heterocycles. The van der Waals surface area contributed by atoms with Crippen LogP contribution in [0, 0.1) is 5.41 Å². The molecule has 0 atom stereocenters. The van der Waals surface area contributed by atoms with E-state index in [1.54, 1.807) is 0 Å². The van der Waals surface area contributed by atoms with E-state index in [-0.39, 0.29) is 17.1 Å². The topological polar surface area (TPSA) is 46.2 Å². The van der Waals surface area contributed by atoms with E-state index < -0.39 is 0 Å². The molecule has 1 N–H and O–H groups in total. The maximum Gasteiger partial charge on any atom is 0.224 e. The Kier molecular flexibility index (Phi) is 6.02. The van der Waals surface area contributed by atoms with Crippen molar-refractivity contribution in [1.82, 2.24) is 0 Å². The number of benzene rings is 1. The fraction of sp³-hybridized carbons (Fsp3) is 0.333. The van der Waals surface area contributed by atoms with Crippen molar-refractivity contribution in [3.05, 3.63) is 46.7 Å². The van der Waals surface area contributed by atoms with Crippen LogP contribution in [0.4, 0.5) is 5.69 Å². The lowest BCUT2D eigenvalue weighted by Gasteiger charge is -2.17. The molecule has 0 fully saturated rings. The molecule has 1 aromatic carbocycles. The number of carbonyl (C=O) groups excluding carboxylic acids is 2. The molecule has 0 radical (unpaired) electrons. The van der Waals surface area contributed by atoms with Crippen LogP contribution < -0.4 is 5.32 Å². The molecule has 0 spiro atoms. The maximum absolute atomic E-state index is 12.0. The molecule has 23 heavy (non-hydrogen) atoms. The van der Waals surface area contributed by atoms with Crippen LogP contribution in [0.15, 0.2) is 46.7 Å². The summed E-state index contributed by atoms with van der Waals surface area (Å²) in [4.78, 5) is 25.8. The first-order valence-corrected chi connectivity index (χ1v) is 9.29. The molecule has 0 bridgehead atoms. The monoisotopic (exact) mass is 347 g/mol. The molecule has 1 aromatic heterocycles. The Bertz CT molecular complexity index is 673. The van der Waals surface area contributed by atoms with Crippen LogP contribution in [-0.2, 0) is 4.79 Å². The first-order valence-electron chi connectivity index (χ1n) is 7.43. The highest BCUT2D eigenvalue weighted by atomic mass is 32.2. The molecule has 2 rings (SSSR count). The molecular formula is C18H21NO2S2. The molecule has 5 heteroatoms. The number of rotatable bonds is 6. The Morgan fingerprint density at radius 3 is 2.61 bits per heavy atom. The Hall–Kier alpha value is -1.59. The summed E-state index contributed by atoms with van der Waals surface area (Å²) in [5.74, 6) is 0.543. The average Bonchev–Trinajstić information content (AvgIpc) is 2.97. The van der Waals surface area contributed by atoms with Crippen LogP contribution in [0.5, 0.6) is 0 Å². The van der Waals surface area contributed by atoms with Gasteiger partial charge in [0, 0.05) is 17.0 Å². The van der Waals surface area contributed by atoms with Gasteiger partial charge in [0.1, 0.15) is 0 Å². The number of ketones is 1. The molecule has 3 nitrogen and oxygen atoms in total. The van der Waals surface area contributed by atoms with Gasteiger partial charge in [-0.05, 0) is 35.1 Å². The second-order valence-corrected chi connectivity index (χ2v) is 8.50. The maximum atomic E-state index is 12.0. The van der Waals surface area contributed by atoms with Crippen molar-refractivity contribution >= 4 is 40.5 Å². The van der Waals surface area contributed by atoms with Crippen LogP contribution in [0.3, 0.4) is 0 Å². The van der Waals surface area contributed by atoms with Gasteiger partial charge in [-0.25, -0.2) is 0 Å². The van der Waals surface area contributed by atoms with Gasteiger partial charge in [-0.1, -0.05) is 32.9 Å². The number of nitrogens with one attached hydrogen (secondary N) is 1. The predicted molar refractivity (Wildman–Crippen MR) is 98.5 cm³/mol. The Labute approximate surface area is 145 Å². The number of anilines is 1. The van der Waals surface area contributed by atoms with Crippen LogP contribution in [0.25, 0.3) is 0 Å². The van der Waals surface area contributed by atoms with Gasteiger partial charge >= 0.3 is 0 Å². The first kappa shape index (κ1) is 17.8. The zero-order chi connectivity index (χ0) is 16.9. The quantitative estimate of drug-likeness (QED) is 0.584. The highest BCUT2D eigenvalue weighted by Gasteiger charge is 2.16. The van der Waals surface area contributed by atoms with E-state index in [2.05, 4.69) is 5.32 Å². The number of hydrogen-bond acceptors (Lipinski definition) is 4. The normalized spacial score (nSPS) is 11.3. The summed E-state index contributed by atoms with van der Waals surface area (Å²) in [6.07, 6.45) is 0.473. The molecule has 0 saturated heterocycles. The van der Waals surface area contributed by atoms with Gasteiger partial charge in [-0.15, -0.1) is 23.1 Å². The lowest BCUT2D eigenvalue weighted by molar-refractivity contribution is -0.117. The fourth-order valence-electron chi connectivity index (χ4n) is 2.01. The van der Waals surface area contributed by atoms with Crippen molar-refractivity contribution in [2.24, 2.45) is 5.41 Å². The van der Waals surface area contributed by atoms with E-state index in [0.717, 1.165) is 15.5 Å². The zero-order valence-electron chi connectivity index (χ0n) is 13.6. The summed E-state index contributed by atoms with van der Waals surface area (Å²) in [5.41, 5.74) is 0.733. The second-order valence-electron chi connectivity index (χ2n) is 6.50. The second kappa shape index (κ2) is 7.79. The number of carbonyl (C=O) groups is 2. The molecule has 1 heterocycles. The third-order valence-corrected chi connectivity index (χ3v) is 4.88. The summed E-state index contributed by atoms with van der Waals surface area (Å²) >= 11 is 2.95. The van der Waals surface area contributed by atoms with E-state index in [9.17, 15) is 9.59 Å². The molecular weight excluding hydrogens is 326 g/mol. The van der Waals surface area contributed by atoms with E-state index in [1.165, 1.54) is 23.1 Å². The minimum absolute atomic E-state index is 0.00862. The van der Waals surface area contributed by atoms with Crippen LogP contribution in [-0.4, -0.2) is 17.4 Å². The molecule has 0 unspecified atom stereocenters. The van der Waals surface area contributed by atoms with Gasteiger partial charge in [0.2, 0.25) is 5.91 Å². The Morgan fingerprint density at radius 1 is 1.17 bits per heavy atom. The number of hydrogen-bond donors (Lipinski definition) is 1. The number of thiophene rings is 1. The number of Topliss-reactive ketones (excluding diaryl/α,β-unsaturated/α-hetero) is 1. The summed E-state index contributed by atoms with van der Waals surface area (Å²) in [5, 5.41) is 4.82. The van der Waals surface area contributed by atoms with Crippen molar-refractivity contribution in [2.45, 2.75) is 32.1 Å². The highest BCUT2D eigenvalue weighted by molar-refractivity contribution is 8.00. The van der Waals surface area contributed by atoms with Gasteiger partial charge in [0.15, 0.2) is 5.78 Å². The van der Waals surface area contributed by atoms with E-state index in [4.69, 9.17) is 0 Å². The van der Waals surface area contributed by atoms with Crippen LogP contribution >= 0.6 is 23.1 Å². The summed E-state index contributed by atoms with van der Waals surface area (Å²) in [6.45, 7) is 6.11. The van der Waals surface area contributed by atoms with Gasteiger partial charge in [0.25, 0.3) is 0 Å². The van der Waals surface area contributed by atoms with Crippen LogP contribution in [0.2, 0.25) is 0 Å². The summed E-state index contributed by atoms with van der Waals surface area (Å²) in [6, 6.07) is 11.3. The standard InChI is InChI=1S/C18H21NO2S2/c1-18(2,3)11-17(21)19-13-6-4-7-14(10-13)23-12-15(20)16-8-5-9-22-16/h4-10H,11-12H2,1-3H3,(H,19,21). The Morgan fingerprint density at radius 2 is 1.96 bits per heavy atom. The highest BCUT2D eigenvalue weighted by Crippen LogP contribution is 2.24. The molecule has 0 aliphatic rings. The van der Waals surface area contributed by atoms with E-state index in [0.29, 0.717) is 12.2 Å². The SMILES string of the molecule is CC(C)(C)CC(=O)Nc1cccc(SCC(=O)c2cccs2)c1. The van der Waals surface area contributed by atoms with Crippen molar-refractivity contribution in [3.8, 4) is 0 Å². The van der Waals surface area contributed by atoms with Gasteiger partial charge in [-0.3, -0.25) is 9.59 Å². The van der Waals surface area contributed by atoms with Gasteiger partial charge < -0.3 is 5.32 Å². The molecule has 122 valence electrons. The van der Waals surface area contributed by atoms with Crippen molar-refractivity contribution in [3.63, 3.8) is 0 Å². The predicted octanol–water partition coefficient (Wildman–Crippen LogP) is 5.10. The minimum Gasteiger partial charge on any atom is -0.326 e. The smallest absolute Gasteiger partial charge is 0.224 e. The summed E-state index contributed by atoms with van der Waals surface area (Å²) in [7, 11) is 0. The largest absolute Gasteiger partial charge is 0.326 e. The van der Waals surface area contributed by atoms with E-state index in [1.807, 2.05) is 62.5 Å². The third-order valence-electron chi connectivity index (χ3n) is 2.97. The van der Waals surface area contributed by atoms with Crippen LogP contribution in [0.1, 0.15) is 36.9 Å². The minimum atomic E-state index is -0.0381. The summed E-state index contributed by atoms with van der Waals surface area (Å²) < 4.78 is 0. The van der Waals surface area contributed by atoms with Crippen molar-refractivity contribution in [2.75, 3.05) is 11.1 Å².